The summed E-state index contributed by atoms with van der Waals surface area (Å²) < 4.78 is 1.57. The Bertz CT molecular complexity index is 1760. The van der Waals surface area contributed by atoms with Crippen LogP contribution in [-0.2, 0) is 19.9 Å². The molecule has 0 unspecified atom stereocenters. The van der Waals surface area contributed by atoms with E-state index in [2.05, 4.69) is 37.6 Å². The summed E-state index contributed by atoms with van der Waals surface area (Å²) in [4.78, 5) is 37.7. The van der Waals surface area contributed by atoms with E-state index in [1.807, 2.05) is 55.7 Å². The molecule has 1 aromatic carbocycles. The van der Waals surface area contributed by atoms with Crippen LogP contribution in [0.4, 0.5) is 22.9 Å². The molecule has 45 heavy (non-hydrogen) atoms. The molecule has 3 aromatic heterocycles. The van der Waals surface area contributed by atoms with E-state index in [1.165, 1.54) is 29.7 Å². The fraction of sp³-hybridized carbons (Fsp3) is 0.371. The van der Waals surface area contributed by atoms with E-state index < -0.39 is 0 Å². The van der Waals surface area contributed by atoms with E-state index in [-0.39, 0.29) is 11.5 Å². The summed E-state index contributed by atoms with van der Waals surface area (Å²) in [5.74, 6) is 0.513. The zero-order valence-electron chi connectivity index (χ0n) is 25.9. The van der Waals surface area contributed by atoms with E-state index >= 15 is 0 Å². The maximum Gasteiger partial charge on any atom is 0.274 e. The minimum absolute atomic E-state index is 0.0773. The molecule has 2 N–H and O–H groups in total. The highest BCUT2D eigenvalue weighted by molar-refractivity contribution is 7.14. The number of rotatable bonds is 8. The van der Waals surface area contributed by atoms with Crippen LogP contribution >= 0.6 is 11.3 Å². The minimum Gasteiger partial charge on any atom is -0.368 e. The van der Waals surface area contributed by atoms with Gasteiger partial charge in [-0.15, -0.1) is 11.3 Å². The fourth-order valence-electron chi connectivity index (χ4n) is 6.22. The number of anilines is 4. The summed E-state index contributed by atoms with van der Waals surface area (Å²) in [7, 11) is 1.74. The third kappa shape index (κ3) is 6.95. The van der Waals surface area contributed by atoms with E-state index in [4.69, 9.17) is 5.26 Å². The number of carbonyl (C=O) groups is 1. The largest absolute Gasteiger partial charge is 0.368 e. The maximum atomic E-state index is 13.3. The third-order valence-electron chi connectivity index (χ3n) is 8.83. The van der Waals surface area contributed by atoms with Crippen LogP contribution in [0.2, 0.25) is 0 Å². The third-order valence-corrected chi connectivity index (χ3v) is 10.1. The van der Waals surface area contributed by atoms with Crippen LogP contribution in [0.1, 0.15) is 51.4 Å². The minimum atomic E-state index is -0.155. The lowest BCUT2D eigenvalue weighted by atomic mass is 10.00. The second-order valence-corrected chi connectivity index (χ2v) is 13.0. The van der Waals surface area contributed by atoms with E-state index in [0.29, 0.717) is 17.9 Å². The molecule has 1 aliphatic heterocycles. The summed E-state index contributed by atoms with van der Waals surface area (Å²) >= 11 is 1.62. The van der Waals surface area contributed by atoms with Crippen molar-refractivity contribution in [2.45, 2.75) is 45.4 Å². The van der Waals surface area contributed by atoms with Crippen LogP contribution < -0.4 is 21.1 Å². The van der Waals surface area contributed by atoms with Gasteiger partial charge in [0.15, 0.2) is 0 Å². The molecule has 4 aromatic rings. The van der Waals surface area contributed by atoms with Crippen molar-refractivity contribution in [3.63, 3.8) is 0 Å². The number of aromatic nitrogens is 2. The number of thiophene rings is 1. The number of amides is 1. The molecule has 232 valence electrons. The Hall–Kier alpha value is -4.46. The van der Waals surface area contributed by atoms with E-state index in [0.717, 1.165) is 78.5 Å². The number of benzene rings is 1. The van der Waals surface area contributed by atoms with Gasteiger partial charge in [-0.1, -0.05) is 18.6 Å². The average Bonchev–Trinajstić information content (AvgIpc) is 3.34. The van der Waals surface area contributed by atoms with E-state index in [9.17, 15) is 9.59 Å². The van der Waals surface area contributed by atoms with Gasteiger partial charge >= 0.3 is 0 Å². The molecule has 0 spiro atoms. The van der Waals surface area contributed by atoms with Gasteiger partial charge < -0.3 is 20.1 Å². The number of hydrogen-bond acceptors (Lipinski definition) is 8. The normalized spacial score (nSPS) is 15.2. The monoisotopic (exact) mass is 621 g/mol. The summed E-state index contributed by atoms with van der Waals surface area (Å²) in [5, 5.41) is 15.2. The summed E-state index contributed by atoms with van der Waals surface area (Å²) in [5.41, 5.74) is 6.13. The molecule has 2 aliphatic rings. The van der Waals surface area contributed by atoms with Crippen molar-refractivity contribution in [2.24, 2.45) is 7.05 Å². The molecule has 1 aliphatic carbocycles. The van der Waals surface area contributed by atoms with Gasteiger partial charge in [0.05, 0.1) is 22.8 Å². The van der Waals surface area contributed by atoms with E-state index in [1.54, 1.807) is 23.0 Å². The number of nitrogens with zero attached hydrogens (tertiary/aromatic N) is 5. The van der Waals surface area contributed by atoms with Gasteiger partial charge in [0.1, 0.15) is 11.5 Å². The molecule has 4 heterocycles. The molecule has 6 rings (SSSR count). The summed E-state index contributed by atoms with van der Waals surface area (Å²) in [6.45, 7) is 6.42. The van der Waals surface area contributed by atoms with Gasteiger partial charge in [-0.2, -0.15) is 5.26 Å². The lowest BCUT2D eigenvalue weighted by Gasteiger charge is -2.35. The standard InChI is InChI=1S/C35H39N7O2S/c1-24-28(9-6-10-29(24)39-34(43)32-21-25-8-4-3-5-11-31(25)45-32)26-20-30(35(44)40(2)23-26)38-33-13-12-27(22-37-33)42-18-16-41(17-19-42)15-7-14-36/h6,9-10,12-13,20-23H,3-5,7-8,11,15-19H2,1-2H3,(H,37,38)(H,39,43). The fourth-order valence-corrected chi connectivity index (χ4v) is 7.37. The number of carbonyl (C=O) groups excluding carboxylic acids is 1. The maximum absolute atomic E-state index is 13.3. The van der Waals surface area contributed by atoms with Crippen LogP contribution in [0.25, 0.3) is 11.1 Å². The van der Waals surface area contributed by atoms with Crippen molar-refractivity contribution in [3.8, 4) is 17.2 Å². The Kier molecular flexibility index (Phi) is 9.29. The number of nitrogens with one attached hydrogen (secondary N) is 2. The predicted octanol–water partition coefficient (Wildman–Crippen LogP) is 6.12. The highest BCUT2D eigenvalue weighted by Gasteiger charge is 2.19. The quantitative estimate of drug-likeness (QED) is 0.229. The Morgan fingerprint density at radius 1 is 1.04 bits per heavy atom. The predicted molar refractivity (Wildman–Crippen MR) is 182 cm³/mol. The first-order valence-corrected chi connectivity index (χ1v) is 16.5. The molecule has 1 saturated heterocycles. The number of hydrogen-bond donors (Lipinski definition) is 2. The smallest absolute Gasteiger partial charge is 0.274 e. The molecule has 0 radical (unpaired) electrons. The molecule has 1 fully saturated rings. The molecular weight excluding hydrogens is 582 g/mol. The molecule has 1 amide bonds. The Labute approximate surface area is 268 Å². The highest BCUT2D eigenvalue weighted by atomic mass is 32.1. The molecule has 9 nitrogen and oxygen atoms in total. The summed E-state index contributed by atoms with van der Waals surface area (Å²) in [6, 6.07) is 15.9. The summed E-state index contributed by atoms with van der Waals surface area (Å²) in [6.07, 6.45) is 9.97. The molecule has 0 atom stereocenters. The average molecular weight is 622 g/mol. The van der Waals surface area contributed by atoms with Crippen molar-refractivity contribution in [3.05, 3.63) is 86.1 Å². The molecular formula is C35H39N7O2S. The SMILES string of the molecule is Cc1c(NC(=O)c2cc3c(s2)CCCCC3)cccc1-c1cc(Nc2ccc(N3CCN(CCC#N)CC3)cn2)c(=O)n(C)c1. The first-order valence-electron chi connectivity index (χ1n) is 15.7. The second-order valence-electron chi connectivity index (χ2n) is 11.9. The first kappa shape index (κ1) is 30.6. The van der Waals surface area contributed by atoms with Gasteiger partial charge in [-0.05, 0) is 79.6 Å². The molecule has 0 saturated carbocycles. The van der Waals surface area contributed by atoms with Crippen LogP contribution in [0, 0.1) is 18.3 Å². The van der Waals surface area contributed by atoms with Gasteiger partial charge in [0.2, 0.25) is 0 Å². The zero-order chi connectivity index (χ0) is 31.3. The van der Waals surface area contributed by atoms with Crippen LogP contribution in [0.15, 0.2) is 59.7 Å². The first-order chi connectivity index (χ1) is 21.9. The van der Waals surface area contributed by atoms with Crippen molar-refractivity contribution < 1.29 is 4.79 Å². The van der Waals surface area contributed by atoms with Gasteiger partial charge in [-0.3, -0.25) is 14.5 Å². The number of aryl methyl sites for hydroxylation is 3. The number of nitriles is 1. The molecule has 10 heteroatoms. The van der Waals surface area contributed by atoms with Crippen LogP contribution in [-0.4, -0.2) is 53.1 Å². The molecule has 0 bridgehead atoms. The zero-order valence-corrected chi connectivity index (χ0v) is 26.8. The van der Waals surface area contributed by atoms with Crippen LogP contribution in [0.5, 0.6) is 0 Å². The lowest BCUT2D eigenvalue weighted by Crippen LogP contribution is -2.46. The Morgan fingerprint density at radius 2 is 1.87 bits per heavy atom. The van der Waals surface area contributed by atoms with Crippen molar-refractivity contribution >= 4 is 40.1 Å². The van der Waals surface area contributed by atoms with Crippen molar-refractivity contribution in [1.29, 1.82) is 5.26 Å². The lowest BCUT2D eigenvalue weighted by molar-refractivity contribution is 0.103. The number of pyridine rings is 2. The van der Waals surface area contributed by atoms with Crippen LogP contribution in [0.3, 0.4) is 0 Å². The number of fused-ring (bicyclic) bond motifs is 1. The topological polar surface area (TPSA) is 106 Å². The highest BCUT2D eigenvalue weighted by Crippen LogP contribution is 2.32. The van der Waals surface area contributed by atoms with Crippen molar-refractivity contribution in [2.75, 3.05) is 48.3 Å². The Balaban J connectivity index is 1.17. The Morgan fingerprint density at radius 3 is 2.64 bits per heavy atom. The van der Waals surface area contributed by atoms with Gasteiger partial charge in [0, 0.05) is 68.5 Å². The van der Waals surface area contributed by atoms with Gasteiger partial charge in [0.25, 0.3) is 11.5 Å². The number of piperazine rings is 1. The second kappa shape index (κ2) is 13.7. The van der Waals surface area contributed by atoms with Gasteiger partial charge in [-0.25, -0.2) is 4.98 Å². The van der Waals surface area contributed by atoms with Crippen molar-refractivity contribution in [1.82, 2.24) is 14.5 Å².